The van der Waals surface area contributed by atoms with Crippen LogP contribution in [0.1, 0.15) is 22.7 Å². The number of rotatable bonds is 5. The number of ether oxygens (including phenoxy) is 1. The molecule has 0 bridgehead atoms. The van der Waals surface area contributed by atoms with Crippen LogP contribution in [-0.4, -0.2) is 23.7 Å². The summed E-state index contributed by atoms with van der Waals surface area (Å²) in [5.41, 5.74) is 1.80. The Morgan fingerprint density at radius 2 is 1.81 bits per heavy atom. The highest BCUT2D eigenvalue weighted by molar-refractivity contribution is 9.10. The van der Waals surface area contributed by atoms with E-state index in [-0.39, 0.29) is 12.1 Å². The van der Waals surface area contributed by atoms with E-state index < -0.39 is 23.5 Å². The average Bonchev–Trinajstić information content (AvgIpc) is 3.05. The Balaban J connectivity index is 1.84. The first-order valence-corrected chi connectivity index (χ1v) is 10.4. The summed E-state index contributed by atoms with van der Waals surface area (Å²) in [6.07, 6.45) is 3.52. The van der Waals surface area contributed by atoms with Gasteiger partial charge in [-0.1, -0.05) is 46.0 Å². The minimum Gasteiger partial charge on any atom is -0.872 e. The minimum atomic E-state index is -0.775. The molecule has 0 aliphatic carbocycles. The number of H-pyrrole nitrogens is 1. The molecule has 0 spiro atoms. The summed E-state index contributed by atoms with van der Waals surface area (Å²) in [7, 11) is 1.53. The fraction of sp³-hybridized carbons (Fsp3) is 0.125. The Labute approximate surface area is 187 Å². The molecule has 1 aliphatic rings. The number of pyridine rings is 1. The molecule has 1 saturated heterocycles. The normalized spacial score (nSPS) is 17.7. The van der Waals surface area contributed by atoms with E-state index in [4.69, 9.17) is 4.74 Å². The summed E-state index contributed by atoms with van der Waals surface area (Å²) in [5, 5.41) is 13.4. The van der Waals surface area contributed by atoms with Gasteiger partial charge < -0.3 is 14.7 Å². The van der Waals surface area contributed by atoms with Gasteiger partial charge in [0.1, 0.15) is 5.75 Å². The summed E-state index contributed by atoms with van der Waals surface area (Å²) in [4.78, 5) is 30.4. The van der Waals surface area contributed by atoms with Crippen molar-refractivity contribution in [1.29, 1.82) is 0 Å². The van der Waals surface area contributed by atoms with Crippen LogP contribution in [0.5, 0.6) is 5.75 Å². The monoisotopic (exact) mass is 478 g/mol. The van der Waals surface area contributed by atoms with Gasteiger partial charge in [-0.15, -0.1) is 0 Å². The standard InChI is InChI=1S/C24H19BrN2O4/c1-31-19-10-6-17(7-11-19)22(28)20-21(16-4-8-18(25)9-5-16)27(24(30)23(20)29)14-15-3-2-12-26-13-15/h2-13,21,28H,14H2,1H3/b22-20+. The largest absolute Gasteiger partial charge is 0.872 e. The number of aromatic amines is 1. The molecule has 1 aliphatic heterocycles. The Bertz CT molecular complexity index is 1140. The van der Waals surface area contributed by atoms with Crippen LogP contribution in [0.4, 0.5) is 0 Å². The smallest absolute Gasteiger partial charge is 0.295 e. The van der Waals surface area contributed by atoms with Crippen molar-refractivity contribution >= 4 is 33.4 Å². The number of benzene rings is 2. The molecule has 3 aromatic rings. The second kappa shape index (κ2) is 8.73. The van der Waals surface area contributed by atoms with E-state index in [0.29, 0.717) is 16.9 Å². The van der Waals surface area contributed by atoms with E-state index in [9.17, 15) is 14.7 Å². The van der Waals surface area contributed by atoms with Crippen molar-refractivity contribution in [1.82, 2.24) is 4.90 Å². The summed E-state index contributed by atoms with van der Waals surface area (Å²) < 4.78 is 6.00. The van der Waals surface area contributed by atoms with Crippen LogP contribution in [0.15, 0.2) is 83.1 Å². The number of likely N-dealkylation sites (tertiary alicyclic amines) is 1. The van der Waals surface area contributed by atoms with E-state index in [1.165, 1.54) is 12.0 Å². The molecular formula is C24H19BrN2O4. The first-order valence-electron chi connectivity index (χ1n) is 9.61. The molecule has 1 fully saturated rings. The van der Waals surface area contributed by atoms with Crippen molar-refractivity contribution in [2.24, 2.45) is 0 Å². The fourth-order valence-corrected chi connectivity index (χ4v) is 3.91. The number of amides is 1. The molecule has 4 rings (SSSR count). The number of carbonyl (C=O) groups excluding carboxylic acids is 2. The second-order valence-electron chi connectivity index (χ2n) is 7.10. The van der Waals surface area contributed by atoms with Crippen molar-refractivity contribution in [3.05, 3.63) is 99.8 Å². The van der Waals surface area contributed by atoms with Crippen LogP contribution in [-0.2, 0) is 16.1 Å². The third-order valence-corrected chi connectivity index (χ3v) is 5.72. The van der Waals surface area contributed by atoms with E-state index in [1.54, 1.807) is 36.7 Å². The number of Topliss-reactive ketones (excluding diaryl/α,β-unsaturated/α-hetero) is 1. The van der Waals surface area contributed by atoms with Gasteiger partial charge in [0.05, 0.1) is 19.7 Å². The van der Waals surface area contributed by atoms with Crippen molar-refractivity contribution in [2.45, 2.75) is 12.6 Å². The zero-order chi connectivity index (χ0) is 22.0. The molecular weight excluding hydrogens is 460 g/mol. The predicted molar refractivity (Wildman–Crippen MR) is 115 cm³/mol. The number of hydrogen-bond donors (Lipinski definition) is 0. The summed E-state index contributed by atoms with van der Waals surface area (Å²) in [5.74, 6) is -1.32. The lowest BCUT2D eigenvalue weighted by atomic mass is 9.95. The van der Waals surface area contributed by atoms with Crippen LogP contribution < -0.4 is 14.8 Å². The first-order chi connectivity index (χ1) is 15.0. The number of hydrogen-bond acceptors (Lipinski definition) is 4. The number of halogens is 1. The summed E-state index contributed by atoms with van der Waals surface area (Å²) >= 11 is 3.40. The van der Waals surface area contributed by atoms with E-state index in [1.807, 2.05) is 36.4 Å². The minimum absolute atomic E-state index is 0.0441. The van der Waals surface area contributed by atoms with Crippen molar-refractivity contribution in [3.63, 3.8) is 0 Å². The van der Waals surface area contributed by atoms with Gasteiger partial charge in [-0.25, -0.2) is 4.98 Å². The maximum Gasteiger partial charge on any atom is 0.295 e. The van der Waals surface area contributed by atoms with E-state index in [2.05, 4.69) is 20.9 Å². The van der Waals surface area contributed by atoms with Gasteiger partial charge in [0, 0.05) is 21.7 Å². The topological polar surface area (TPSA) is 83.8 Å². The number of nitrogens with zero attached hydrogens (tertiary/aromatic N) is 1. The molecule has 1 N–H and O–H groups in total. The molecule has 1 unspecified atom stereocenters. The zero-order valence-electron chi connectivity index (χ0n) is 16.7. The Morgan fingerprint density at radius 1 is 1.10 bits per heavy atom. The second-order valence-corrected chi connectivity index (χ2v) is 8.01. The van der Waals surface area contributed by atoms with Gasteiger partial charge in [-0.05, 0) is 41.5 Å². The Kier molecular flexibility index (Phi) is 5.86. The van der Waals surface area contributed by atoms with Gasteiger partial charge in [0.15, 0.2) is 12.4 Å². The maximum absolute atomic E-state index is 13.4. The first kappa shape index (κ1) is 20.8. The van der Waals surface area contributed by atoms with Crippen LogP contribution in [0, 0.1) is 0 Å². The Hall–Kier alpha value is -3.45. The van der Waals surface area contributed by atoms with Crippen LogP contribution in [0.3, 0.4) is 0 Å². The molecule has 2 aromatic carbocycles. The third-order valence-electron chi connectivity index (χ3n) is 5.19. The van der Waals surface area contributed by atoms with E-state index in [0.717, 1.165) is 10.0 Å². The number of ketones is 1. The van der Waals surface area contributed by atoms with Gasteiger partial charge >= 0.3 is 0 Å². The molecule has 1 atom stereocenters. The molecule has 0 radical (unpaired) electrons. The maximum atomic E-state index is 13.4. The van der Waals surface area contributed by atoms with Crippen molar-refractivity contribution in [2.75, 3.05) is 7.11 Å². The van der Waals surface area contributed by atoms with Gasteiger partial charge in [0.25, 0.3) is 5.91 Å². The lowest BCUT2D eigenvalue weighted by molar-refractivity contribution is -0.378. The zero-order valence-corrected chi connectivity index (χ0v) is 18.3. The molecule has 156 valence electrons. The van der Waals surface area contributed by atoms with Crippen LogP contribution >= 0.6 is 15.9 Å². The van der Waals surface area contributed by atoms with Gasteiger partial charge in [-0.2, -0.15) is 0 Å². The number of aromatic nitrogens is 1. The van der Waals surface area contributed by atoms with Gasteiger partial charge in [0.2, 0.25) is 5.78 Å². The molecule has 31 heavy (non-hydrogen) atoms. The van der Waals surface area contributed by atoms with Crippen LogP contribution in [0.25, 0.3) is 5.76 Å². The van der Waals surface area contributed by atoms with E-state index >= 15 is 0 Å². The molecule has 6 nitrogen and oxygen atoms in total. The highest BCUT2D eigenvalue weighted by Gasteiger charge is 2.44. The number of nitrogens with one attached hydrogen (secondary N) is 1. The molecule has 7 heteroatoms. The van der Waals surface area contributed by atoms with Crippen LogP contribution in [0.2, 0.25) is 0 Å². The third kappa shape index (κ3) is 4.09. The van der Waals surface area contributed by atoms with Crippen molar-refractivity contribution < 1.29 is 24.4 Å². The predicted octanol–water partition coefficient (Wildman–Crippen LogP) is 2.70. The van der Waals surface area contributed by atoms with Crippen molar-refractivity contribution in [3.8, 4) is 5.75 Å². The average molecular weight is 479 g/mol. The molecule has 1 amide bonds. The molecule has 2 heterocycles. The number of carbonyl (C=O) groups is 2. The highest BCUT2D eigenvalue weighted by Crippen LogP contribution is 2.39. The quantitative estimate of drug-likeness (QED) is 0.320. The highest BCUT2D eigenvalue weighted by atomic mass is 79.9. The fourth-order valence-electron chi connectivity index (χ4n) is 3.65. The SMILES string of the molecule is COc1ccc(/C([O-])=C2\C(=O)C(=O)N(Cc3ccc[nH+]c3)C2c2ccc(Br)cc2)cc1. The molecule has 0 saturated carbocycles. The molecule has 1 aromatic heterocycles. The summed E-state index contributed by atoms with van der Waals surface area (Å²) in [6.45, 7) is 0.196. The lowest BCUT2D eigenvalue weighted by Gasteiger charge is -2.27. The summed E-state index contributed by atoms with van der Waals surface area (Å²) in [6, 6.07) is 16.7. The van der Waals surface area contributed by atoms with Gasteiger partial charge in [-0.3, -0.25) is 9.59 Å². The lowest BCUT2D eigenvalue weighted by Crippen LogP contribution is -2.29. The Morgan fingerprint density at radius 3 is 2.42 bits per heavy atom. The number of methoxy groups -OCH3 is 1.